The van der Waals surface area contributed by atoms with Gasteiger partial charge in [-0.1, -0.05) is 41.4 Å². The Balaban J connectivity index is 1.54. The van der Waals surface area contributed by atoms with E-state index in [1.807, 2.05) is 23.0 Å². The molecule has 1 saturated heterocycles. The van der Waals surface area contributed by atoms with Crippen molar-refractivity contribution in [3.05, 3.63) is 40.6 Å². The molecule has 2 aromatic heterocycles. The van der Waals surface area contributed by atoms with Gasteiger partial charge in [0.15, 0.2) is 17.0 Å². The van der Waals surface area contributed by atoms with Crippen LogP contribution in [0.4, 0.5) is 5.82 Å². The smallest absolute Gasteiger partial charge is 0.320 e. The molecule has 31 heavy (non-hydrogen) atoms. The molecule has 0 saturated carbocycles. The molecule has 1 N–H and O–H groups in total. The Morgan fingerprint density at radius 2 is 1.97 bits per heavy atom. The monoisotopic (exact) mass is 488 g/mol. The van der Waals surface area contributed by atoms with Crippen LogP contribution in [0.2, 0.25) is 0 Å². The predicted octanol–water partition coefficient (Wildman–Crippen LogP) is 3.56. The third-order valence-corrected chi connectivity index (χ3v) is 5.79. The van der Waals surface area contributed by atoms with Gasteiger partial charge < -0.3 is 19.4 Å². The Morgan fingerprint density at radius 1 is 1.16 bits per heavy atom. The molecule has 1 fully saturated rings. The number of nitrogens with zero attached hydrogens (tertiary/aromatic N) is 5. The van der Waals surface area contributed by atoms with Gasteiger partial charge in [0.2, 0.25) is 0 Å². The van der Waals surface area contributed by atoms with E-state index in [9.17, 15) is 0 Å². The van der Waals surface area contributed by atoms with Gasteiger partial charge in [-0.15, -0.1) is 0 Å². The van der Waals surface area contributed by atoms with Gasteiger partial charge in [0, 0.05) is 30.7 Å². The van der Waals surface area contributed by atoms with Gasteiger partial charge in [-0.25, -0.2) is 4.98 Å². The number of nitrogens with one attached hydrogen (secondary N) is 1. The lowest BCUT2D eigenvalue weighted by Crippen LogP contribution is -2.39. The van der Waals surface area contributed by atoms with E-state index < -0.39 is 0 Å². The maximum atomic E-state index is 5.85. The molecule has 0 unspecified atom stereocenters. The fraction of sp³-hybridized carbons (Fsp3) is 0.500. The number of rotatable bonds is 10. The molecule has 3 heterocycles. The Labute approximate surface area is 191 Å². The van der Waals surface area contributed by atoms with Crippen molar-refractivity contribution in [1.82, 2.24) is 24.4 Å². The van der Waals surface area contributed by atoms with Gasteiger partial charge >= 0.3 is 6.01 Å². The first kappa shape index (κ1) is 22.0. The summed E-state index contributed by atoms with van der Waals surface area (Å²) in [5.41, 5.74) is 2.72. The van der Waals surface area contributed by atoms with Crippen LogP contribution < -0.4 is 10.1 Å². The molecule has 1 aliphatic rings. The van der Waals surface area contributed by atoms with Crippen molar-refractivity contribution >= 4 is 32.9 Å². The van der Waals surface area contributed by atoms with Gasteiger partial charge in [0.1, 0.15) is 0 Å². The minimum Gasteiger partial charge on any atom is -0.463 e. The summed E-state index contributed by atoms with van der Waals surface area (Å²) in [5.74, 6) is 0.722. The molecule has 166 valence electrons. The molecule has 0 radical (unpaired) electrons. The summed E-state index contributed by atoms with van der Waals surface area (Å²) in [6, 6.07) is 8.67. The molecule has 9 heteroatoms. The molecule has 0 atom stereocenters. The van der Waals surface area contributed by atoms with Gasteiger partial charge in [0.25, 0.3) is 0 Å². The third kappa shape index (κ3) is 5.93. The molecule has 0 bridgehead atoms. The Kier molecular flexibility index (Phi) is 7.71. The summed E-state index contributed by atoms with van der Waals surface area (Å²) in [7, 11) is 0. The first-order valence-electron chi connectivity index (χ1n) is 10.9. The van der Waals surface area contributed by atoms with Crippen LogP contribution in [0, 0.1) is 0 Å². The second kappa shape index (κ2) is 10.9. The molecule has 4 rings (SSSR count). The van der Waals surface area contributed by atoms with E-state index >= 15 is 0 Å². The average Bonchev–Trinajstić information content (AvgIpc) is 3.19. The zero-order valence-electron chi connectivity index (χ0n) is 17.9. The third-order valence-electron chi connectivity index (χ3n) is 5.26. The summed E-state index contributed by atoms with van der Waals surface area (Å²) >= 11 is 3.49. The molecule has 1 aliphatic heterocycles. The van der Waals surface area contributed by atoms with E-state index in [0.717, 1.165) is 73.7 Å². The first-order chi connectivity index (χ1) is 15.2. The number of ether oxygens (including phenoxy) is 2. The van der Waals surface area contributed by atoms with Gasteiger partial charge in [-0.05, 0) is 24.1 Å². The summed E-state index contributed by atoms with van der Waals surface area (Å²) in [5, 5.41) is 3.45. The molecular formula is C22H29BrN6O2. The average molecular weight is 489 g/mol. The number of hydrogen-bond acceptors (Lipinski definition) is 7. The maximum Gasteiger partial charge on any atom is 0.320 e. The van der Waals surface area contributed by atoms with Crippen molar-refractivity contribution in [2.24, 2.45) is 0 Å². The number of halogens is 1. The van der Waals surface area contributed by atoms with Crippen molar-refractivity contribution in [2.75, 3.05) is 51.3 Å². The van der Waals surface area contributed by atoms with Crippen LogP contribution in [-0.4, -0.2) is 70.4 Å². The summed E-state index contributed by atoms with van der Waals surface area (Å²) < 4.78 is 14.4. The second-order valence-corrected chi connectivity index (χ2v) is 8.52. The van der Waals surface area contributed by atoms with Crippen molar-refractivity contribution in [2.45, 2.75) is 26.3 Å². The second-order valence-electron chi connectivity index (χ2n) is 7.61. The Morgan fingerprint density at radius 3 is 2.74 bits per heavy atom. The van der Waals surface area contributed by atoms with E-state index in [-0.39, 0.29) is 0 Å². The van der Waals surface area contributed by atoms with Gasteiger partial charge in [-0.2, -0.15) is 9.97 Å². The minimum absolute atomic E-state index is 0.396. The quantitative estimate of drug-likeness (QED) is 0.437. The van der Waals surface area contributed by atoms with E-state index in [1.54, 1.807) is 0 Å². The lowest BCUT2D eigenvalue weighted by Gasteiger charge is -2.26. The van der Waals surface area contributed by atoms with Crippen LogP contribution >= 0.6 is 15.9 Å². The number of morpholine rings is 1. The highest BCUT2D eigenvalue weighted by molar-refractivity contribution is 9.10. The van der Waals surface area contributed by atoms with Crippen LogP contribution in [0.15, 0.2) is 35.1 Å². The van der Waals surface area contributed by atoms with Crippen molar-refractivity contribution in [3.8, 4) is 6.01 Å². The summed E-state index contributed by atoms with van der Waals surface area (Å²) in [6.45, 7) is 8.67. The first-order valence-corrected chi connectivity index (χ1v) is 11.7. The Bertz CT molecular complexity index is 972. The normalized spacial score (nSPS) is 14.8. The van der Waals surface area contributed by atoms with Crippen LogP contribution in [0.1, 0.15) is 25.3 Å². The summed E-state index contributed by atoms with van der Waals surface area (Å²) in [4.78, 5) is 16.3. The fourth-order valence-corrected chi connectivity index (χ4v) is 3.74. The highest BCUT2D eigenvalue weighted by Crippen LogP contribution is 2.23. The van der Waals surface area contributed by atoms with Crippen LogP contribution in [0.3, 0.4) is 0 Å². The van der Waals surface area contributed by atoms with E-state index in [2.05, 4.69) is 60.2 Å². The number of aromatic nitrogens is 4. The number of hydrogen-bond donors (Lipinski definition) is 1. The molecule has 8 nitrogen and oxygen atoms in total. The van der Waals surface area contributed by atoms with Crippen molar-refractivity contribution in [3.63, 3.8) is 0 Å². The van der Waals surface area contributed by atoms with Gasteiger partial charge in [0.05, 0.1) is 32.7 Å². The number of benzene rings is 1. The standard InChI is InChI=1S/C22H29BrN6O2/c1-2-3-12-31-22-26-20(24-8-9-28-10-13-30-14-11-28)19-21(27-22)29(16-25-19)15-17-4-6-18(23)7-5-17/h4-7,16H,2-3,8-15H2,1H3,(H,24,26,27). The maximum absolute atomic E-state index is 5.85. The summed E-state index contributed by atoms with van der Waals surface area (Å²) in [6.07, 6.45) is 3.86. The largest absolute Gasteiger partial charge is 0.463 e. The zero-order chi connectivity index (χ0) is 21.5. The van der Waals surface area contributed by atoms with Crippen LogP contribution in [0.25, 0.3) is 11.2 Å². The van der Waals surface area contributed by atoms with Crippen LogP contribution in [-0.2, 0) is 11.3 Å². The fourth-order valence-electron chi connectivity index (χ4n) is 3.48. The number of unbranched alkanes of at least 4 members (excludes halogenated alkanes) is 1. The highest BCUT2D eigenvalue weighted by Gasteiger charge is 2.16. The van der Waals surface area contributed by atoms with E-state index in [4.69, 9.17) is 9.47 Å². The number of anilines is 1. The topological polar surface area (TPSA) is 77.3 Å². The van der Waals surface area contributed by atoms with Crippen molar-refractivity contribution in [1.29, 1.82) is 0 Å². The lowest BCUT2D eigenvalue weighted by molar-refractivity contribution is 0.0398. The molecule has 3 aromatic rings. The SMILES string of the molecule is CCCCOc1nc(NCCN2CCOCC2)c2ncn(Cc3ccc(Br)cc3)c2n1. The molecule has 0 aliphatic carbocycles. The molecule has 0 amide bonds. The highest BCUT2D eigenvalue weighted by atomic mass is 79.9. The minimum atomic E-state index is 0.396. The molecule has 0 spiro atoms. The molecular weight excluding hydrogens is 460 g/mol. The predicted molar refractivity (Wildman–Crippen MR) is 125 cm³/mol. The Hall–Kier alpha value is -2.23. The molecule has 1 aromatic carbocycles. The van der Waals surface area contributed by atoms with Crippen LogP contribution in [0.5, 0.6) is 6.01 Å². The zero-order valence-corrected chi connectivity index (χ0v) is 19.5. The number of imidazole rings is 1. The van der Waals surface area contributed by atoms with Crippen molar-refractivity contribution < 1.29 is 9.47 Å². The van der Waals surface area contributed by atoms with E-state index in [0.29, 0.717) is 19.2 Å². The van der Waals surface area contributed by atoms with E-state index in [1.165, 1.54) is 5.56 Å². The number of fused-ring (bicyclic) bond motifs is 1. The van der Waals surface area contributed by atoms with Gasteiger partial charge in [-0.3, -0.25) is 4.90 Å². The lowest BCUT2D eigenvalue weighted by atomic mass is 10.2.